The van der Waals surface area contributed by atoms with Gasteiger partial charge in [-0.15, -0.1) is 0 Å². The Labute approximate surface area is 124 Å². The SMILES string of the molecule is CC(=O)[C@@H](O)[C@H](O)CCCC(C)C1Oc2ccccc2O1. The zero-order valence-corrected chi connectivity index (χ0v) is 12.4. The maximum atomic E-state index is 11.0. The van der Waals surface area contributed by atoms with E-state index in [9.17, 15) is 15.0 Å². The molecule has 21 heavy (non-hydrogen) atoms. The predicted molar refractivity (Wildman–Crippen MR) is 77.2 cm³/mol. The maximum absolute atomic E-state index is 11.0. The van der Waals surface area contributed by atoms with Crippen LogP contribution in [0.2, 0.25) is 0 Å². The van der Waals surface area contributed by atoms with Crippen molar-refractivity contribution in [2.45, 2.75) is 51.6 Å². The summed E-state index contributed by atoms with van der Waals surface area (Å²) in [4.78, 5) is 11.0. The number of hydrogen-bond donors (Lipinski definition) is 2. The van der Waals surface area contributed by atoms with Crippen LogP contribution in [-0.2, 0) is 4.79 Å². The number of aliphatic hydroxyl groups is 2. The van der Waals surface area contributed by atoms with Gasteiger partial charge in [0.1, 0.15) is 6.10 Å². The normalized spacial score (nSPS) is 18.3. The van der Waals surface area contributed by atoms with Gasteiger partial charge in [-0.3, -0.25) is 4.79 Å². The molecule has 1 heterocycles. The number of fused-ring (bicyclic) bond motifs is 1. The number of carbonyl (C=O) groups is 1. The Bertz CT molecular complexity index is 462. The van der Waals surface area contributed by atoms with Crippen molar-refractivity contribution in [3.8, 4) is 11.5 Å². The summed E-state index contributed by atoms with van der Waals surface area (Å²) in [6, 6.07) is 7.54. The number of ketones is 1. The molecule has 2 rings (SSSR count). The molecule has 5 nitrogen and oxygen atoms in total. The molecule has 0 amide bonds. The highest BCUT2D eigenvalue weighted by Crippen LogP contribution is 2.36. The topological polar surface area (TPSA) is 76.0 Å². The van der Waals surface area contributed by atoms with Gasteiger partial charge in [-0.05, 0) is 31.9 Å². The Balaban J connectivity index is 1.74. The molecule has 0 aromatic heterocycles. The molecule has 0 spiro atoms. The van der Waals surface area contributed by atoms with Crippen LogP contribution in [-0.4, -0.2) is 34.5 Å². The summed E-state index contributed by atoms with van der Waals surface area (Å²) in [7, 11) is 0. The van der Waals surface area contributed by atoms with E-state index in [1.165, 1.54) is 6.92 Å². The molecule has 1 unspecified atom stereocenters. The van der Waals surface area contributed by atoms with Crippen LogP contribution in [0, 0.1) is 5.92 Å². The average molecular weight is 294 g/mol. The number of rotatable bonds is 7. The molecule has 0 bridgehead atoms. The van der Waals surface area contributed by atoms with E-state index in [0.717, 1.165) is 17.9 Å². The first-order valence-corrected chi connectivity index (χ1v) is 7.28. The van der Waals surface area contributed by atoms with Crippen LogP contribution in [0.3, 0.4) is 0 Å². The molecular weight excluding hydrogens is 272 g/mol. The molecule has 1 aliphatic heterocycles. The molecule has 5 heteroatoms. The lowest BCUT2D eigenvalue weighted by Crippen LogP contribution is -2.32. The Morgan fingerprint density at radius 1 is 1.19 bits per heavy atom. The fourth-order valence-electron chi connectivity index (χ4n) is 2.37. The van der Waals surface area contributed by atoms with Crippen molar-refractivity contribution in [3.05, 3.63) is 24.3 Å². The van der Waals surface area contributed by atoms with Gasteiger partial charge < -0.3 is 19.7 Å². The fraction of sp³-hybridized carbons (Fsp3) is 0.562. The quantitative estimate of drug-likeness (QED) is 0.803. The molecule has 3 atom stereocenters. The molecule has 2 N–H and O–H groups in total. The van der Waals surface area contributed by atoms with E-state index in [4.69, 9.17) is 9.47 Å². The van der Waals surface area contributed by atoms with Crippen molar-refractivity contribution >= 4 is 5.78 Å². The second-order valence-electron chi connectivity index (χ2n) is 5.58. The van der Waals surface area contributed by atoms with Crippen molar-refractivity contribution in [2.24, 2.45) is 5.92 Å². The molecule has 1 aliphatic rings. The van der Waals surface area contributed by atoms with Crippen molar-refractivity contribution in [1.29, 1.82) is 0 Å². The third kappa shape index (κ3) is 3.95. The first-order chi connectivity index (χ1) is 9.99. The van der Waals surface area contributed by atoms with Gasteiger partial charge in [0.05, 0.1) is 6.10 Å². The van der Waals surface area contributed by atoms with Gasteiger partial charge in [0.15, 0.2) is 17.3 Å². The number of para-hydroxylation sites is 2. The minimum atomic E-state index is -1.29. The van der Waals surface area contributed by atoms with E-state index >= 15 is 0 Å². The Kier molecular flexibility index (Phi) is 5.20. The van der Waals surface area contributed by atoms with Crippen LogP contribution < -0.4 is 9.47 Å². The first-order valence-electron chi connectivity index (χ1n) is 7.28. The van der Waals surface area contributed by atoms with Gasteiger partial charge in [-0.2, -0.15) is 0 Å². The number of hydrogen-bond acceptors (Lipinski definition) is 5. The number of aliphatic hydroxyl groups excluding tert-OH is 2. The molecule has 0 aliphatic carbocycles. The molecule has 0 saturated heterocycles. The summed E-state index contributed by atoms with van der Waals surface area (Å²) in [6.45, 7) is 3.29. The number of carbonyl (C=O) groups excluding carboxylic acids is 1. The average Bonchev–Trinajstić information content (AvgIpc) is 2.90. The largest absolute Gasteiger partial charge is 0.451 e. The lowest BCUT2D eigenvalue weighted by Gasteiger charge is -2.20. The highest BCUT2D eigenvalue weighted by atomic mass is 16.7. The van der Waals surface area contributed by atoms with Gasteiger partial charge in [-0.1, -0.05) is 25.5 Å². The van der Waals surface area contributed by atoms with Gasteiger partial charge in [-0.25, -0.2) is 0 Å². The van der Waals surface area contributed by atoms with Crippen molar-refractivity contribution in [2.75, 3.05) is 0 Å². The van der Waals surface area contributed by atoms with E-state index in [-0.39, 0.29) is 12.2 Å². The lowest BCUT2D eigenvalue weighted by atomic mass is 9.99. The molecule has 0 saturated carbocycles. The molecular formula is C16H22O5. The zero-order valence-electron chi connectivity index (χ0n) is 12.4. The van der Waals surface area contributed by atoms with Crippen LogP contribution in [0.15, 0.2) is 24.3 Å². The van der Waals surface area contributed by atoms with Gasteiger partial charge in [0.2, 0.25) is 6.29 Å². The van der Waals surface area contributed by atoms with Crippen LogP contribution in [0.5, 0.6) is 11.5 Å². The number of Topliss-reactive ketones (excluding diaryl/α,β-unsaturated/α-hetero) is 1. The highest BCUT2D eigenvalue weighted by Gasteiger charge is 2.29. The summed E-state index contributed by atoms with van der Waals surface area (Å²) in [5.74, 6) is 1.25. The highest BCUT2D eigenvalue weighted by molar-refractivity contribution is 5.80. The summed E-state index contributed by atoms with van der Waals surface area (Å²) >= 11 is 0. The summed E-state index contributed by atoms with van der Waals surface area (Å²) in [5.41, 5.74) is 0. The molecule has 0 radical (unpaired) electrons. The number of ether oxygens (including phenoxy) is 2. The van der Waals surface area contributed by atoms with Crippen molar-refractivity contribution < 1.29 is 24.5 Å². The zero-order chi connectivity index (χ0) is 15.4. The Morgan fingerprint density at radius 3 is 2.29 bits per heavy atom. The standard InChI is InChI=1S/C16H22O5/c1-10(6-5-7-12(18)15(19)11(2)17)16-20-13-8-3-4-9-14(13)21-16/h3-4,8-10,12,15-16,18-19H,5-7H2,1-2H3/t10?,12-,15-/m1/s1. The minimum absolute atomic E-state index is 0.152. The smallest absolute Gasteiger partial charge is 0.244 e. The third-order valence-corrected chi connectivity index (χ3v) is 3.74. The van der Waals surface area contributed by atoms with E-state index in [0.29, 0.717) is 12.8 Å². The van der Waals surface area contributed by atoms with Gasteiger partial charge in [0, 0.05) is 5.92 Å². The number of benzene rings is 1. The molecule has 116 valence electrons. The maximum Gasteiger partial charge on any atom is 0.244 e. The third-order valence-electron chi connectivity index (χ3n) is 3.74. The van der Waals surface area contributed by atoms with Crippen molar-refractivity contribution in [1.82, 2.24) is 0 Å². The Hall–Kier alpha value is -1.59. The minimum Gasteiger partial charge on any atom is -0.451 e. The molecule has 0 fully saturated rings. The Morgan fingerprint density at radius 2 is 1.76 bits per heavy atom. The summed E-state index contributed by atoms with van der Waals surface area (Å²) in [6.07, 6.45) is -0.768. The van der Waals surface area contributed by atoms with Crippen molar-refractivity contribution in [3.63, 3.8) is 0 Å². The van der Waals surface area contributed by atoms with Crippen LogP contribution in [0.4, 0.5) is 0 Å². The monoisotopic (exact) mass is 294 g/mol. The fourth-order valence-corrected chi connectivity index (χ4v) is 2.37. The lowest BCUT2D eigenvalue weighted by molar-refractivity contribution is -0.130. The van der Waals surface area contributed by atoms with Crippen LogP contribution in [0.1, 0.15) is 33.1 Å². The van der Waals surface area contributed by atoms with E-state index in [1.807, 2.05) is 31.2 Å². The summed E-state index contributed by atoms with van der Waals surface area (Å²) in [5, 5.41) is 19.1. The second-order valence-corrected chi connectivity index (χ2v) is 5.58. The van der Waals surface area contributed by atoms with Crippen LogP contribution in [0.25, 0.3) is 0 Å². The predicted octanol–water partition coefficient (Wildman–Crippen LogP) is 1.90. The van der Waals surface area contributed by atoms with E-state index in [2.05, 4.69) is 0 Å². The van der Waals surface area contributed by atoms with Gasteiger partial charge >= 0.3 is 0 Å². The summed E-state index contributed by atoms with van der Waals surface area (Å²) < 4.78 is 11.4. The second kappa shape index (κ2) is 6.91. The molecule has 1 aromatic rings. The first kappa shape index (κ1) is 15.8. The van der Waals surface area contributed by atoms with E-state index in [1.54, 1.807) is 0 Å². The van der Waals surface area contributed by atoms with E-state index < -0.39 is 18.0 Å². The van der Waals surface area contributed by atoms with Gasteiger partial charge in [0.25, 0.3) is 0 Å². The van der Waals surface area contributed by atoms with Crippen LogP contribution >= 0.6 is 0 Å². The molecule has 1 aromatic carbocycles.